The molecule has 0 saturated carbocycles. The molecule has 0 aromatic heterocycles. The first-order valence-electron chi connectivity index (χ1n) is 19.7. The molecular formula is C48H66. The molecule has 0 amide bonds. The summed E-state index contributed by atoms with van der Waals surface area (Å²) in [6.07, 6.45) is 48.2. The normalized spacial score (nSPS) is 9.21. The highest BCUT2D eigenvalue weighted by Crippen LogP contribution is 2.10. The molecule has 0 fully saturated rings. The second kappa shape index (κ2) is 43.5. The standard InChI is InChI=1S/C48H66/c1-3-5-7-9-11-13-15-17-19-21-23-25-27-29-31-33-35-37-39-41-43-45-47-48-46-44-42-40-38-36-34-32-30-28-26-24-22-20-18-16-14-12-10-8-6-4-2/h1-2H,5-20,29-44H2. The highest BCUT2D eigenvalue weighted by Gasteiger charge is 1.92. The van der Waals surface area contributed by atoms with Crippen molar-refractivity contribution in [2.45, 2.75) is 205 Å². The second-order valence-corrected chi connectivity index (χ2v) is 12.7. The molecule has 0 atom stereocenters. The molecule has 0 aliphatic rings. The van der Waals surface area contributed by atoms with Gasteiger partial charge in [0.05, 0.1) is 0 Å². The summed E-state index contributed by atoms with van der Waals surface area (Å²) in [7, 11) is 0. The lowest BCUT2D eigenvalue weighted by atomic mass is 10.1. The minimum atomic E-state index is 0.922. The van der Waals surface area contributed by atoms with Crippen molar-refractivity contribution in [3.63, 3.8) is 0 Å². The van der Waals surface area contributed by atoms with Gasteiger partial charge < -0.3 is 0 Å². The summed E-state index contributed by atoms with van der Waals surface area (Å²) in [5.41, 5.74) is 0. The Morgan fingerprint density at radius 1 is 0.188 bits per heavy atom. The summed E-state index contributed by atoms with van der Waals surface area (Å²) in [6.45, 7) is 0. The molecule has 0 aromatic rings. The predicted molar refractivity (Wildman–Crippen MR) is 212 cm³/mol. The van der Waals surface area contributed by atoms with Crippen LogP contribution in [-0.4, -0.2) is 0 Å². The Balaban J connectivity index is 3.40. The fourth-order valence-electron chi connectivity index (χ4n) is 5.20. The van der Waals surface area contributed by atoms with Crippen molar-refractivity contribution in [1.29, 1.82) is 0 Å². The quantitative estimate of drug-likeness (QED) is 0.0588. The van der Waals surface area contributed by atoms with Gasteiger partial charge in [0.2, 0.25) is 0 Å². The van der Waals surface area contributed by atoms with Gasteiger partial charge in [-0.1, -0.05) is 138 Å². The van der Waals surface area contributed by atoms with E-state index in [0.29, 0.717) is 0 Å². The third-order valence-electron chi connectivity index (χ3n) is 8.17. The maximum absolute atomic E-state index is 5.27. The number of hydrogen-bond acceptors (Lipinski definition) is 0. The Morgan fingerprint density at radius 2 is 0.333 bits per heavy atom. The van der Waals surface area contributed by atoms with Gasteiger partial charge in [-0.2, -0.15) is 0 Å². The molecule has 0 nitrogen and oxygen atoms in total. The van der Waals surface area contributed by atoms with Crippen molar-refractivity contribution in [3.05, 3.63) is 0 Å². The van der Waals surface area contributed by atoms with Crippen molar-refractivity contribution in [3.8, 4) is 95.7 Å². The van der Waals surface area contributed by atoms with Crippen LogP contribution >= 0.6 is 0 Å². The maximum Gasteiger partial charge on any atom is 0.00989 e. The Morgan fingerprint density at radius 3 is 0.500 bits per heavy atom. The van der Waals surface area contributed by atoms with E-state index >= 15 is 0 Å². The minimum absolute atomic E-state index is 0.922. The largest absolute Gasteiger partial charge is 0.120 e. The smallest absolute Gasteiger partial charge is 0.00989 e. The Hall–Kier alpha value is -3.52. The third kappa shape index (κ3) is 42.5. The molecule has 48 heavy (non-hydrogen) atoms. The average Bonchev–Trinajstić information content (AvgIpc) is 3.10. The van der Waals surface area contributed by atoms with Crippen molar-refractivity contribution in [1.82, 2.24) is 0 Å². The van der Waals surface area contributed by atoms with E-state index in [9.17, 15) is 0 Å². The molecule has 0 aromatic carbocycles. The molecule has 0 heterocycles. The van der Waals surface area contributed by atoms with E-state index in [0.717, 1.165) is 51.4 Å². The molecule has 0 aliphatic carbocycles. The van der Waals surface area contributed by atoms with Crippen LogP contribution in [0.25, 0.3) is 0 Å². The van der Waals surface area contributed by atoms with Gasteiger partial charge in [-0.05, 0) is 86.9 Å². The maximum atomic E-state index is 5.27. The van der Waals surface area contributed by atoms with Crippen molar-refractivity contribution in [2.24, 2.45) is 0 Å². The molecule has 258 valence electrons. The van der Waals surface area contributed by atoms with Crippen LogP contribution < -0.4 is 0 Å². The van der Waals surface area contributed by atoms with Crippen LogP contribution in [0.4, 0.5) is 0 Å². The third-order valence-corrected chi connectivity index (χ3v) is 8.17. The van der Waals surface area contributed by atoms with Crippen molar-refractivity contribution < 1.29 is 0 Å². The summed E-state index contributed by atoms with van der Waals surface area (Å²) in [6, 6.07) is 0. The molecule has 0 heteroatoms. The number of hydrogen-bond donors (Lipinski definition) is 0. The Bertz CT molecular complexity index is 1090. The van der Waals surface area contributed by atoms with E-state index in [-0.39, 0.29) is 0 Å². The Labute approximate surface area is 300 Å². The molecule has 0 unspecified atom stereocenters. The lowest BCUT2D eigenvalue weighted by Gasteiger charge is -1.98. The van der Waals surface area contributed by atoms with Gasteiger partial charge in [-0.15, -0.1) is 24.7 Å². The highest BCUT2D eigenvalue weighted by molar-refractivity contribution is 5.26. The zero-order valence-corrected chi connectivity index (χ0v) is 30.8. The lowest BCUT2D eigenvalue weighted by Crippen LogP contribution is -1.80. The van der Waals surface area contributed by atoms with Gasteiger partial charge in [0.25, 0.3) is 0 Å². The van der Waals surface area contributed by atoms with E-state index in [1.54, 1.807) is 0 Å². The summed E-state index contributed by atoms with van der Waals surface area (Å²) in [5.74, 6) is 42.8. The van der Waals surface area contributed by atoms with Gasteiger partial charge in [0, 0.05) is 51.4 Å². The van der Waals surface area contributed by atoms with E-state index in [2.05, 4.69) is 82.9 Å². The van der Waals surface area contributed by atoms with Crippen molar-refractivity contribution >= 4 is 0 Å². The molecule has 0 spiro atoms. The average molecular weight is 643 g/mol. The van der Waals surface area contributed by atoms with Crippen LogP contribution in [0.3, 0.4) is 0 Å². The molecule has 0 radical (unpaired) electrons. The molecular weight excluding hydrogens is 577 g/mol. The number of rotatable bonds is 28. The van der Waals surface area contributed by atoms with E-state index < -0.39 is 0 Å². The molecule has 0 aliphatic heterocycles. The fourth-order valence-corrected chi connectivity index (χ4v) is 5.20. The first-order chi connectivity index (χ1) is 23.9. The van der Waals surface area contributed by atoms with Gasteiger partial charge >= 0.3 is 0 Å². The van der Waals surface area contributed by atoms with Crippen molar-refractivity contribution in [2.75, 3.05) is 0 Å². The fraction of sp³-hybridized carbons (Fsp3) is 0.667. The van der Waals surface area contributed by atoms with Gasteiger partial charge in [0.15, 0.2) is 0 Å². The molecule has 0 rings (SSSR count). The SMILES string of the molecule is C#CCCCCCCCCC#CC#CCCCCCCCCC#CC#CCCCCCCCCC#CC#CCCCCCCCCC#C. The first-order valence-corrected chi connectivity index (χ1v) is 19.7. The van der Waals surface area contributed by atoms with Crippen LogP contribution in [0.1, 0.15) is 205 Å². The number of terminal acetylenes is 2. The van der Waals surface area contributed by atoms with Crippen LogP contribution in [0.15, 0.2) is 0 Å². The van der Waals surface area contributed by atoms with E-state index in [1.807, 2.05) is 0 Å². The second-order valence-electron chi connectivity index (χ2n) is 12.7. The molecule has 0 N–H and O–H groups in total. The summed E-state index contributed by atoms with van der Waals surface area (Å²) < 4.78 is 0. The number of unbranched alkanes of at least 4 members (excludes halogenated alkanes) is 28. The molecule has 0 bridgehead atoms. The summed E-state index contributed by atoms with van der Waals surface area (Å²) in [4.78, 5) is 0. The zero-order chi connectivity index (χ0) is 34.5. The lowest BCUT2D eigenvalue weighted by molar-refractivity contribution is 0.604. The van der Waals surface area contributed by atoms with Gasteiger partial charge in [-0.3, -0.25) is 0 Å². The zero-order valence-electron chi connectivity index (χ0n) is 30.8. The molecule has 0 saturated heterocycles. The van der Waals surface area contributed by atoms with Gasteiger partial charge in [-0.25, -0.2) is 0 Å². The van der Waals surface area contributed by atoms with Crippen LogP contribution in [0.2, 0.25) is 0 Å². The Kier molecular flexibility index (Phi) is 40.3. The summed E-state index contributed by atoms with van der Waals surface area (Å²) in [5, 5.41) is 0. The van der Waals surface area contributed by atoms with E-state index in [1.165, 1.54) is 154 Å². The highest BCUT2D eigenvalue weighted by atomic mass is 14.0. The van der Waals surface area contributed by atoms with Gasteiger partial charge in [0.1, 0.15) is 0 Å². The van der Waals surface area contributed by atoms with E-state index in [4.69, 9.17) is 12.8 Å². The first kappa shape index (κ1) is 44.5. The monoisotopic (exact) mass is 643 g/mol. The summed E-state index contributed by atoms with van der Waals surface area (Å²) >= 11 is 0. The predicted octanol–water partition coefficient (Wildman–Crippen LogP) is 12.8. The van der Waals surface area contributed by atoms with Crippen LogP contribution in [-0.2, 0) is 0 Å². The topological polar surface area (TPSA) is 0 Å². The minimum Gasteiger partial charge on any atom is -0.120 e. The van der Waals surface area contributed by atoms with Crippen LogP contribution in [0, 0.1) is 95.7 Å². The van der Waals surface area contributed by atoms with Crippen LogP contribution in [0.5, 0.6) is 0 Å².